The number of rotatable bonds is 10. The number of aromatic carboxylic acids is 1. The molecule has 7 heteroatoms. The Hall–Kier alpha value is -1.59. The minimum absolute atomic E-state index is 0.0258. The predicted molar refractivity (Wildman–Crippen MR) is 99.4 cm³/mol. The van der Waals surface area contributed by atoms with E-state index in [0.717, 1.165) is 24.8 Å². The third-order valence-corrected chi connectivity index (χ3v) is 5.19. The third kappa shape index (κ3) is 6.29. The van der Waals surface area contributed by atoms with E-state index in [2.05, 4.69) is 17.5 Å². The van der Waals surface area contributed by atoms with Crippen LogP contribution in [0.2, 0.25) is 0 Å². The normalized spacial score (nSPS) is 20.6. The molecule has 0 aliphatic heterocycles. The Bertz CT molecular complexity index is 619. The number of carboxylic acid groups (broad SMARTS) is 1. The summed E-state index contributed by atoms with van der Waals surface area (Å²) in [5.74, 6) is -0.675. The minimum atomic E-state index is -0.950. The molecule has 1 aromatic rings. The fourth-order valence-corrected chi connectivity index (χ4v) is 3.60. The Morgan fingerprint density at radius 2 is 2.08 bits per heavy atom. The van der Waals surface area contributed by atoms with Gasteiger partial charge in [0.05, 0.1) is 17.8 Å². The summed E-state index contributed by atoms with van der Waals surface area (Å²) >= 11 is 0. The van der Waals surface area contributed by atoms with Crippen LogP contribution in [0.1, 0.15) is 54.6 Å². The topological polar surface area (TPSA) is 95.9 Å². The van der Waals surface area contributed by atoms with E-state index < -0.39 is 12.1 Å². The Labute approximate surface area is 155 Å². The van der Waals surface area contributed by atoms with Gasteiger partial charge in [0.25, 0.3) is 0 Å². The summed E-state index contributed by atoms with van der Waals surface area (Å²) in [4.78, 5) is 10.9. The van der Waals surface area contributed by atoms with Crippen LogP contribution in [0, 0.1) is 5.92 Å². The highest BCUT2D eigenvalue weighted by Crippen LogP contribution is 2.28. The lowest BCUT2D eigenvalue weighted by Gasteiger charge is -2.28. The van der Waals surface area contributed by atoms with Crippen LogP contribution in [0.5, 0.6) is 0 Å². The van der Waals surface area contributed by atoms with Crippen molar-refractivity contribution in [3.8, 4) is 0 Å². The first kappa shape index (κ1) is 20.7. The molecular formula is C19H26NO5P. The van der Waals surface area contributed by atoms with E-state index in [1.54, 1.807) is 24.3 Å². The first-order chi connectivity index (χ1) is 12.5. The van der Waals surface area contributed by atoms with Gasteiger partial charge in [-0.2, -0.15) is 0 Å². The average molecular weight is 379 g/mol. The highest BCUT2D eigenvalue weighted by molar-refractivity contribution is 7.17. The SMILES string of the molecule is C[C@H](NC[C@@H](O)CC(OP=O)C1CC=CCC1)c1ccc(C(=O)O)cc1. The molecule has 0 amide bonds. The maximum Gasteiger partial charge on any atom is 0.335 e. The second-order valence-electron chi connectivity index (χ2n) is 6.71. The van der Waals surface area contributed by atoms with E-state index in [1.165, 1.54) is 0 Å². The highest BCUT2D eigenvalue weighted by atomic mass is 31.1. The van der Waals surface area contributed by atoms with Crippen LogP contribution in [0.4, 0.5) is 0 Å². The van der Waals surface area contributed by atoms with Gasteiger partial charge in [0.1, 0.15) is 0 Å². The molecular weight excluding hydrogens is 353 g/mol. The lowest BCUT2D eigenvalue weighted by Crippen LogP contribution is -2.34. The first-order valence-electron chi connectivity index (χ1n) is 8.89. The van der Waals surface area contributed by atoms with E-state index in [9.17, 15) is 14.5 Å². The van der Waals surface area contributed by atoms with Gasteiger partial charge in [-0.15, -0.1) is 0 Å². The molecule has 3 N–H and O–H groups in total. The van der Waals surface area contributed by atoms with Crippen molar-refractivity contribution in [1.29, 1.82) is 0 Å². The zero-order chi connectivity index (χ0) is 18.9. The van der Waals surface area contributed by atoms with E-state index in [-0.39, 0.29) is 32.3 Å². The molecule has 142 valence electrons. The molecule has 0 fully saturated rings. The number of aliphatic hydroxyl groups is 1. The number of hydrogen-bond donors (Lipinski definition) is 3. The van der Waals surface area contributed by atoms with Crippen LogP contribution in [0.15, 0.2) is 36.4 Å². The van der Waals surface area contributed by atoms with Crippen LogP contribution < -0.4 is 5.32 Å². The largest absolute Gasteiger partial charge is 0.478 e. The van der Waals surface area contributed by atoms with Gasteiger partial charge in [0.2, 0.25) is 0 Å². The fraction of sp³-hybridized carbons (Fsp3) is 0.526. The van der Waals surface area contributed by atoms with E-state index in [4.69, 9.17) is 9.63 Å². The molecule has 0 saturated heterocycles. The van der Waals surface area contributed by atoms with Crippen molar-refractivity contribution >= 4 is 14.7 Å². The third-order valence-electron chi connectivity index (χ3n) is 4.84. The molecule has 0 bridgehead atoms. The number of nitrogens with one attached hydrogen (secondary N) is 1. The lowest BCUT2D eigenvalue weighted by atomic mass is 9.87. The smallest absolute Gasteiger partial charge is 0.335 e. The molecule has 0 saturated carbocycles. The van der Waals surface area contributed by atoms with Crippen molar-refractivity contribution in [2.45, 2.75) is 50.9 Å². The van der Waals surface area contributed by atoms with Crippen molar-refractivity contribution < 1.29 is 24.1 Å². The van der Waals surface area contributed by atoms with Gasteiger partial charge < -0.3 is 15.5 Å². The summed E-state index contributed by atoms with van der Waals surface area (Å²) < 4.78 is 16.2. The van der Waals surface area contributed by atoms with Crippen LogP contribution in [0.25, 0.3) is 0 Å². The number of carboxylic acids is 1. The Balaban J connectivity index is 1.83. The van der Waals surface area contributed by atoms with E-state index >= 15 is 0 Å². The summed E-state index contributed by atoms with van der Waals surface area (Å²) in [5.41, 5.74) is 1.20. The van der Waals surface area contributed by atoms with Crippen molar-refractivity contribution in [3.63, 3.8) is 0 Å². The number of hydrogen-bond acceptors (Lipinski definition) is 5. The molecule has 4 atom stereocenters. The zero-order valence-corrected chi connectivity index (χ0v) is 15.8. The van der Waals surface area contributed by atoms with Crippen molar-refractivity contribution in [1.82, 2.24) is 5.32 Å². The molecule has 6 nitrogen and oxygen atoms in total. The predicted octanol–water partition coefficient (Wildman–Crippen LogP) is 3.73. The number of allylic oxidation sites excluding steroid dienone is 2. The molecule has 0 heterocycles. The standard InChI is InChI=1S/C19H26NO5P/c1-13(14-7-9-16(10-8-14)19(22)23)20-12-17(21)11-18(25-26-24)15-5-3-2-4-6-15/h2-3,7-10,13,15,17-18,20-21H,4-6,11-12H2,1H3,(H,22,23)/t13-,15?,17-,18?/m0/s1. The van der Waals surface area contributed by atoms with E-state index in [1.807, 2.05) is 6.92 Å². The molecule has 1 aliphatic rings. The average Bonchev–Trinajstić information content (AvgIpc) is 2.66. The van der Waals surface area contributed by atoms with Crippen molar-refractivity contribution in [2.75, 3.05) is 6.54 Å². The molecule has 2 rings (SSSR count). The van der Waals surface area contributed by atoms with Crippen molar-refractivity contribution in [2.24, 2.45) is 5.92 Å². The van der Waals surface area contributed by atoms with Gasteiger partial charge >= 0.3 is 14.7 Å². The summed E-state index contributed by atoms with van der Waals surface area (Å²) in [6, 6.07) is 6.65. The fourth-order valence-electron chi connectivity index (χ4n) is 3.23. The lowest BCUT2D eigenvalue weighted by molar-refractivity contribution is 0.0638. The number of aliphatic hydroxyl groups excluding tert-OH is 1. The molecule has 1 aliphatic carbocycles. The van der Waals surface area contributed by atoms with Gasteiger partial charge in [0, 0.05) is 19.0 Å². The number of carbonyl (C=O) groups is 1. The quantitative estimate of drug-likeness (QED) is 0.423. The first-order valence-corrected chi connectivity index (χ1v) is 9.62. The molecule has 1 aromatic carbocycles. The van der Waals surface area contributed by atoms with Crippen molar-refractivity contribution in [3.05, 3.63) is 47.5 Å². The Kier molecular flexibility index (Phi) is 8.39. The van der Waals surface area contributed by atoms with Gasteiger partial charge in [-0.1, -0.05) is 24.3 Å². The van der Waals surface area contributed by atoms with Gasteiger partial charge in [-0.05, 0) is 49.8 Å². The molecule has 0 aromatic heterocycles. The zero-order valence-electron chi connectivity index (χ0n) is 14.9. The monoisotopic (exact) mass is 379 g/mol. The summed E-state index contributed by atoms with van der Waals surface area (Å²) in [6.45, 7) is 2.33. The van der Waals surface area contributed by atoms with Crippen LogP contribution in [-0.4, -0.2) is 34.9 Å². The minimum Gasteiger partial charge on any atom is -0.478 e. The van der Waals surface area contributed by atoms with Crippen LogP contribution in [-0.2, 0) is 9.09 Å². The van der Waals surface area contributed by atoms with E-state index in [0.29, 0.717) is 13.0 Å². The maximum atomic E-state index is 10.9. The molecule has 0 radical (unpaired) electrons. The van der Waals surface area contributed by atoms with Gasteiger partial charge in [-0.25, -0.2) is 9.36 Å². The highest BCUT2D eigenvalue weighted by Gasteiger charge is 2.26. The molecule has 2 unspecified atom stereocenters. The molecule has 26 heavy (non-hydrogen) atoms. The van der Waals surface area contributed by atoms with Gasteiger partial charge in [-0.3, -0.25) is 4.52 Å². The van der Waals surface area contributed by atoms with Gasteiger partial charge in [0.15, 0.2) is 0 Å². The summed E-state index contributed by atoms with van der Waals surface area (Å²) in [5, 5.41) is 22.5. The second kappa shape index (κ2) is 10.5. The second-order valence-corrected chi connectivity index (χ2v) is 7.07. The Morgan fingerprint density at radius 1 is 1.35 bits per heavy atom. The summed E-state index contributed by atoms with van der Waals surface area (Å²) in [7, 11) is -0.352. The maximum absolute atomic E-state index is 10.9. The van der Waals surface area contributed by atoms with Crippen LogP contribution >= 0.6 is 8.69 Å². The summed E-state index contributed by atoms with van der Waals surface area (Å²) in [6.07, 6.45) is 6.66. The number of benzene rings is 1. The Morgan fingerprint density at radius 3 is 2.65 bits per heavy atom. The van der Waals surface area contributed by atoms with Crippen LogP contribution in [0.3, 0.4) is 0 Å². The molecule has 0 spiro atoms.